The maximum Gasteiger partial charge on any atom is 0.394 e. The third-order valence-corrected chi connectivity index (χ3v) is 4.03. The van der Waals surface area contributed by atoms with Crippen molar-refractivity contribution in [2.75, 3.05) is 5.32 Å². The number of rotatable bonds is 4. The van der Waals surface area contributed by atoms with E-state index in [-0.39, 0.29) is 5.82 Å². The minimum absolute atomic E-state index is 0.308. The van der Waals surface area contributed by atoms with Crippen molar-refractivity contribution in [3.8, 4) is 11.3 Å². The van der Waals surface area contributed by atoms with Crippen molar-refractivity contribution in [2.45, 2.75) is 33.4 Å². The van der Waals surface area contributed by atoms with Crippen LogP contribution in [0.5, 0.6) is 0 Å². The maximum absolute atomic E-state index is 13.0. The van der Waals surface area contributed by atoms with Gasteiger partial charge in [0.2, 0.25) is 5.91 Å². The fourth-order valence-electron chi connectivity index (χ4n) is 2.36. The van der Waals surface area contributed by atoms with Gasteiger partial charge in [-0.3, -0.25) is 9.48 Å². The van der Waals surface area contributed by atoms with Gasteiger partial charge in [-0.05, 0) is 31.2 Å². The van der Waals surface area contributed by atoms with Gasteiger partial charge in [-0.15, -0.1) is 0 Å². The molecule has 0 aliphatic heterocycles. The first kappa shape index (κ1) is 19.0. The Bertz CT molecular complexity index is 776. The van der Waals surface area contributed by atoms with Gasteiger partial charge in [0, 0.05) is 24.6 Å². The molecular formula is C17H19F4N3O. The molecule has 136 valence electrons. The Morgan fingerprint density at radius 2 is 1.76 bits per heavy atom. The Hall–Kier alpha value is -2.38. The monoisotopic (exact) mass is 357 g/mol. The topological polar surface area (TPSA) is 46.9 Å². The minimum atomic E-state index is -4.48. The van der Waals surface area contributed by atoms with Crippen LogP contribution >= 0.6 is 0 Å². The molecule has 0 fully saturated rings. The number of nitrogens with zero attached hydrogens (tertiary/aromatic N) is 2. The summed E-state index contributed by atoms with van der Waals surface area (Å²) in [4.78, 5) is 12.1. The van der Waals surface area contributed by atoms with Crippen LogP contribution in [0, 0.1) is 18.2 Å². The molecule has 1 amide bonds. The lowest BCUT2D eigenvalue weighted by Crippen LogP contribution is -2.36. The average Bonchev–Trinajstić information content (AvgIpc) is 2.74. The molecule has 0 spiro atoms. The number of amides is 1. The predicted octanol–water partition coefficient (Wildman–Crippen LogP) is 4.45. The summed E-state index contributed by atoms with van der Waals surface area (Å²) in [6.07, 6.45) is -5.18. The first-order valence-electron chi connectivity index (χ1n) is 7.58. The molecule has 1 heterocycles. The Kier molecular flexibility index (Phi) is 4.92. The standard InChI is InChI=1S/C17H19F4N3O/c1-10-14(11-5-7-12(18)8-6-11)23-24(4)15(10)22-13(25)9-16(2,3)17(19,20)21/h5-8H,9H2,1-4H3,(H,22,25). The zero-order valence-corrected chi connectivity index (χ0v) is 14.3. The van der Waals surface area contributed by atoms with Crippen LogP contribution in [0.1, 0.15) is 25.8 Å². The molecule has 0 saturated carbocycles. The van der Waals surface area contributed by atoms with Gasteiger partial charge in [0.25, 0.3) is 0 Å². The molecule has 0 saturated heterocycles. The van der Waals surface area contributed by atoms with Gasteiger partial charge in [0.05, 0.1) is 11.1 Å². The Morgan fingerprint density at radius 1 is 1.20 bits per heavy atom. The van der Waals surface area contributed by atoms with Gasteiger partial charge in [-0.2, -0.15) is 18.3 Å². The molecule has 25 heavy (non-hydrogen) atoms. The molecule has 0 aliphatic carbocycles. The molecule has 1 aromatic carbocycles. The summed E-state index contributed by atoms with van der Waals surface area (Å²) in [6.45, 7) is 3.65. The summed E-state index contributed by atoms with van der Waals surface area (Å²) in [5.41, 5.74) is -0.380. The Morgan fingerprint density at radius 3 is 2.28 bits per heavy atom. The van der Waals surface area contributed by atoms with E-state index in [1.807, 2.05) is 0 Å². The van der Waals surface area contributed by atoms with E-state index in [0.717, 1.165) is 13.8 Å². The van der Waals surface area contributed by atoms with E-state index >= 15 is 0 Å². The van der Waals surface area contributed by atoms with Crippen LogP contribution < -0.4 is 5.32 Å². The van der Waals surface area contributed by atoms with Crippen LogP contribution in [0.2, 0.25) is 0 Å². The molecule has 1 aromatic heterocycles. The van der Waals surface area contributed by atoms with E-state index in [1.165, 1.54) is 16.8 Å². The molecule has 2 aromatic rings. The Balaban J connectivity index is 2.24. The number of carbonyl (C=O) groups is 1. The molecule has 1 N–H and O–H groups in total. The summed E-state index contributed by atoms with van der Waals surface area (Å²) < 4.78 is 53.2. The highest BCUT2D eigenvalue weighted by Crippen LogP contribution is 2.40. The average molecular weight is 357 g/mol. The second kappa shape index (κ2) is 6.50. The summed E-state index contributed by atoms with van der Waals surface area (Å²) in [6, 6.07) is 5.66. The third-order valence-electron chi connectivity index (χ3n) is 4.03. The molecule has 8 heteroatoms. The van der Waals surface area contributed by atoms with E-state index in [4.69, 9.17) is 0 Å². The predicted molar refractivity (Wildman–Crippen MR) is 86.4 cm³/mol. The summed E-state index contributed by atoms with van der Waals surface area (Å²) >= 11 is 0. The van der Waals surface area contributed by atoms with Crippen molar-refractivity contribution in [1.82, 2.24) is 9.78 Å². The van der Waals surface area contributed by atoms with Crippen LogP contribution in [0.15, 0.2) is 24.3 Å². The van der Waals surface area contributed by atoms with Gasteiger partial charge in [-0.25, -0.2) is 4.39 Å². The number of carbonyl (C=O) groups excluding carboxylic acids is 1. The molecule has 0 aliphatic rings. The van der Waals surface area contributed by atoms with Crippen molar-refractivity contribution < 1.29 is 22.4 Å². The highest BCUT2D eigenvalue weighted by molar-refractivity contribution is 5.92. The van der Waals surface area contributed by atoms with Crippen molar-refractivity contribution in [3.05, 3.63) is 35.6 Å². The quantitative estimate of drug-likeness (QED) is 0.822. The van der Waals surface area contributed by atoms with Gasteiger partial charge in [0.1, 0.15) is 11.6 Å². The molecule has 0 radical (unpaired) electrons. The van der Waals surface area contributed by atoms with Crippen molar-refractivity contribution >= 4 is 11.7 Å². The van der Waals surface area contributed by atoms with Crippen LogP contribution in [0.4, 0.5) is 23.4 Å². The van der Waals surface area contributed by atoms with Crippen LogP contribution in [-0.4, -0.2) is 21.9 Å². The van der Waals surface area contributed by atoms with Gasteiger partial charge in [-0.1, -0.05) is 13.8 Å². The number of hydrogen-bond donors (Lipinski definition) is 1. The lowest BCUT2D eigenvalue weighted by atomic mass is 9.88. The molecule has 0 unspecified atom stereocenters. The molecule has 0 bridgehead atoms. The number of nitrogens with one attached hydrogen (secondary N) is 1. The molecule has 0 atom stereocenters. The SMILES string of the molecule is Cc1c(-c2ccc(F)cc2)nn(C)c1NC(=O)CC(C)(C)C(F)(F)F. The highest BCUT2D eigenvalue weighted by atomic mass is 19.4. The highest BCUT2D eigenvalue weighted by Gasteiger charge is 2.48. The van der Waals surface area contributed by atoms with E-state index in [2.05, 4.69) is 10.4 Å². The fraction of sp³-hybridized carbons (Fsp3) is 0.412. The van der Waals surface area contributed by atoms with Crippen molar-refractivity contribution in [3.63, 3.8) is 0 Å². The number of hydrogen-bond acceptors (Lipinski definition) is 2. The maximum atomic E-state index is 13.0. The van der Waals surface area contributed by atoms with Gasteiger partial charge in [0.15, 0.2) is 0 Å². The third kappa shape index (κ3) is 4.00. The summed E-state index contributed by atoms with van der Waals surface area (Å²) in [5.74, 6) is -0.832. The number of aromatic nitrogens is 2. The fourth-order valence-corrected chi connectivity index (χ4v) is 2.36. The number of anilines is 1. The summed E-state index contributed by atoms with van der Waals surface area (Å²) in [7, 11) is 1.57. The van der Waals surface area contributed by atoms with E-state index in [1.54, 1.807) is 26.1 Å². The molecular weight excluding hydrogens is 338 g/mol. The first-order valence-corrected chi connectivity index (χ1v) is 7.58. The van der Waals surface area contributed by atoms with Gasteiger partial charge >= 0.3 is 6.18 Å². The first-order chi connectivity index (χ1) is 11.4. The summed E-state index contributed by atoms with van der Waals surface area (Å²) in [5, 5.41) is 6.76. The second-order valence-corrected chi connectivity index (χ2v) is 6.56. The number of aryl methyl sites for hydroxylation is 1. The number of halogens is 4. The largest absolute Gasteiger partial charge is 0.394 e. The molecule has 4 nitrogen and oxygen atoms in total. The van der Waals surface area contributed by atoms with Gasteiger partial charge < -0.3 is 5.32 Å². The van der Waals surface area contributed by atoms with Crippen LogP contribution in [-0.2, 0) is 11.8 Å². The van der Waals surface area contributed by atoms with Crippen LogP contribution in [0.25, 0.3) is 11.3 Å². The van der Waals surface area contributed by atoms with Crippen LogP contribution in [0.3, 0.4) is 0 Å². The normalized spacial score (nSPS) is 12.3. The number of alkyl halides is 3. The minimum Gasteiger partial charge on any atom is -0.311 e. The van der Waals surface area contributed by atoms with E-state index in [0.29, 0.717) is 22.6 Å². The lowest BCUT2D eigenvalue weighted by molar-refractivity contribution is -0.213. The van der Waals surface area contributed by atoms with E-state index in [9.17, 15) is 22.4 Å². The smallest absolute Gasteiger partial charge is 0.311 e. The number of benzene rings is 1. The van der Waals surface area contributed by atoms with Crippen molar-refractivity contribution in [2.24, 2.45) is 12.5 Å². The molecule has 2 rings (SSSR count). The zero-order valence-electron chi connectivity index (χ0n) is 14.3. The zero-order chi connectivity index (χ0) is 19.0. The second-order valence-electron chi connectivity index (χ2n) is 6.56. The van der Waals surface area contributed by atoms with E-state index < -0.39 is 23.9 Å². The lowest BCUT2D eigenvalue weighted by Gasteiger charge is -2.26. The Labute approximate surface area is 142 Å². The van der Waals surface area contributed by atoms with Crippen molar-refractivity contribution in [1.29, 1.82) is 0 Å².